The van der Waals surface area contributed by atoms with Gasteiger partial charge in [0.2, 0.25) is 0 Å². The van der Waals surface area contributed by atoms with E-state index in [1.54, 1.807) is 0 Å². The van der Waals surface area contributed by atoms with E-state index in [0.717, 1.165) is 12.8 Å². The highest BCUT2D eigenvalue weighted by Gasteiger charge is 2.17. The minimum atomic E-state index is -0.988. The van der Waals surface area contributed by atoms with Crippen molar-refractivity contribution in [3.8, 4) is 0 Å². The maximum atomic E-state index is 11.1. The van der Waals surface area contributed by atoms with Gasteiger partial charge in [0.25, 0.3) is 0 Å². The molecule has 0 bridgehead atoms. The van der Waals surface area contributed by atoms with Crippen molar-refractivity contribution in [1.29, 1.82) is 0 Å². The Bertz CT molecular complexity index is 194. The Balaban J connectivity index is 3.90. The van der Waals surface area contributed by atoms with E-state index in [-0.39, 0.29) is 0 Å². The van der Waals surface area contributed by atoms with E-state index in [9.17, 15) is 9.59 Å². The van der Waals surface area contributed by atoms with Gasteiger partial charge in [-0.2, -0.15) is 0 Å². The zero-order chi connectivity index (χ0) is 11.0. The van der Waals surface area contributed by atoms with Crippen LogP contribution >= 0.6 is 0 Å². The largest absolute Gasteiger partial charge is 0.480 e. The van der Waals surface area contributed by atoms with Crippen LogP contribution in [0.2, 0.25) is 0 Å². The van der Waals surface area contributed by atoms with Crippen LogP contribution in [0.5, 0.6) is 0 Å². The molecular weight excluding hydrogens is 184 g/mol. The zero-order valence-electron chi connectivity index (χ0n) is 8.67. The number of hydrogen-bond donors (Lipinski definition) is 3. The number of amides is 2. The Kier molecular flexibility index (Phi) is 6.53. The van der Waals surface area contributed by atoms with Gasteiger partial charge in [-0.1, -0.05) is 20.3 Å². The first-order valence-corrected chi connectivity index (χ1v) is 4.89. The van der Waals surface area contributed by atoms with Crippen molar-refractivity contribution in [1.82, 2.24) is 10.6 Å². The second-order valence-corrected chi connectivity index (χ2v) is 3.08. The Morgan fingerprint density at radius 3 is 2.36 bits per heavy atom. The molecule has 3 N–H and O–H groups in total. The van der Waals surface area contributed by atoms with Gasteiger partial charge in [-0.05, 0) is 12.8 Å². The van der Waals surface area contributed by atoms with Crippen molar-refractivity contribution < 1.29 is 14.7 Å². The third-order valence-electron chi connectivity index (χ3n) is 1.72. The Labute approximate surface area is 83.9 Å². The highest BCUT2D eigenvalue weighted by Crippen LogP contribution is 1.96. The molecule has 82 valence electrons. The van der Waals surface area contributed by atoms with Crippen LogP contribution in [0.1, 0.15) is 33.1 Å². The quantitative estimate of drug-likeness (QED) is 0.600. The summed E-state index contributed by atoms with van der Waals surface area (Å²) in [6.45, 7) is 4.37. The van der Waals surface area contributed by atoms with E-state index in [1.165, 1.54) is 0 Å². The summed E-state index contributed by atoms with van der Waals surface area (Å²) in [5, 5.41) is 13.7. The van der Waals surface area contributed by atoms with E-state index in [1.807, 2.05) is 13.8 Å². The van der Waals surface area contributed by atoms with Gasteiger partial charge in [0.1, 0.15) is 6.04 Å². The van der Waals surface area contributed by atoms with Crippen LogP contribution < -0.4 is 10.6 Å². The van der Waals surface area contributed by atoms with Crippen LogP contribution in [0.4, 0.5) is 4.79 Å². The normalized spacial score (nSPS) is 11.9. The monoisotopic (exact) mass is 202 g/mol. The second kappa shape index (κ2) is 7.17. The molecule has 0 fully saturated rings. The van der Waals surface area contributed by atoms with Gasteiger partial charge in [-0.15, -0.1) is 0 Å². The van der Waals surface area contributed by atoms with Crippen molar-refractivity contribution >= 4 is 12.0 Å². The molecule has 0 aromatic rings. The molecule has 0 aliphatic rings. The Morgan fingerprint density at radius 2 is 1.93 bits per heavy atom. The van der Waals surface area contributed by atoms with Crippen molar-refractivity contribution in [2.45, 2.75) is 39.2 Å². The number of carbonyl (C=O) groups excluding carboxylic acids is 1. The van der Waals surface area contributed by atoms with Crippen LogP contribution in [-0.4, -0.2) is 29.7 Å². The van der Waals surface area contributed by atoms with E-state index < -0.39 is 18.0 Å². The molecule has 1 unspecified atom stereocenters. The van der Waals surface area contributed by atoms with E-state index in [4.69, 9.17) is 5.11 Å². The first kappa shape index (κ1) is 12.7. The standard InChI is InChI=1S/C9H18N2O3/c1-3-5-7(8(12)13)11-9(14)10-6-4-2/h7H,3-6H2,1-2H3,(H,12,13)(H2,10,11,14). The Morgan fingerprint density at radius 1 is 1.29 bits per heavy atom. The molecule has 0 aliphatic carbocycles. The molecule has 1 atom stereocenters. The zero-order valence-corrected chi connectivity index (χ0v) is 8.67. The van der Waals surface area contributed by atoms with Gasteiger partial charge in [0.05, 0.1) is 0 Å². The molecule has 0 aromatic carbocycles. The van der Waals surface area contributed by atoms with Crippen molar-refractivity contribution in [3.63, 3.8) is 0 Å². The maximum absolute atomic E-state index is 11.1. The van der Waals surface area contributed by atoms with Crippen LogP contribution in [-0.2, 0) is 4.79 Å². The number of carboxylic acid groups (broad SMARTS) is 1. The fourth-order valence-electron chi connectivity index (χ4n) is 0.994. The lowest BCUT2D eigenvalue weighted by molar-refractivity contribution is -0.139. The summed E-state index contributed by atoms with van der Waals surface area (Å²) in [6.07, 6.45) is 2.01. The smallest absolute Gasteiger partial charge is 0.326 e. The van der Waals surface area contributed by atoms with E-state index >= 15 is 0 Å². The summed E-state index contributed by atoms with van der Waals surface area (Å²) in [4.78, 5) is 21.8. The highest BCUT2D eigenvalue weighted by atomic mass is 16.4. The summed E-state index contributed by atoms with van der Waals surface area (Å²) in [6, 6.07) is -1.19. The number of carboxylic acids is 1. The maximum Gasteiger partial charge on any atom is 0.326 e. The summed E-state index contributed by atoms with van der Waals surface area (Å²) in [7, 11) is 0. The number of aliphatic carboxylic acids is 1. The third kappa shape index (κ3) is 5.40. The van der Waals surface area contributed by atoms with Crippen LogP contribution in [0.3, 0.4) is 0 Å². The van der Waals surface area contributed by atoms with Crippen LogP contribution in [0.25, 0.3) is 0 Å². The lowest BCUT2D eigenvalue weighted by Crippen LogP contribution is -2.46. The van der Waals surface area contributed by atoms with E-state index in [0.29, 0.717) is 13.0 Å². The minimum Gasteiger partial charge on any atom is -0.480 e. The number of rotatable bonds is 6. The van der Waals surface area contributed by atoms with Gasteiger partial charge in [-0.25, -0.2) is 9.59 Å². The molecule has 2 amide bonds. The SMILES string of the molecule is CCCNC(=O)NC(CCC)C(=O)O. The molecule has 14 heavy (non-hydrogen) atoms. The Hall–Kier alpha value is -1.26. The van der Waals surface area contributed by atoms with Crippen molar-refractivity contribution in [2.75, 3.05) is 6.54 Å². The number of hydrogen-bond acceptors (Lipinski definition) is 2. The summed E-state index contributed by atoms with van der Waals surface area (Å²) >= 11 is 0. The molecule has 5 heteroatoms. The topological polar surface area (TPSA) is 78.4 Å². The first-order valence-electron chi connectivity index (χ1n) is 4.89. The van der Waals surface area contributed by atoms with Crippen molar-refractivity contribution in [3.05, 3.63) is 0 Å². The minimum absolute atomic E-state index is 0.410. The van der Waals surface area contributed by atoms with Crippen LogP contribution in [0.15, 0.2) is 0 Å². The predicted molar refractivity (Wildman–Crippen MR) is 53.2 cm³/mol. The fourth-order valence-corrected chi connectivity index (χ4v) is 0.994. The van der Waals surface area contributed by atoms with Gasteiger partial charge in [-0.3, -0.25) is 0 Å². The summed E-state index contributed by atoms with van der Waals surface area (Å²) in [5.74, 6) is -0.988. The molecule has 0 rings (SSSR count). The first-order chi connectivity index (χ1) is 6.61. The molecule has 0 heterocycles. The number of carbonyl (C=O) groups is 2. The highest BCUT2D eigenvalue weighted by molar-refractivity contribution is 5.82. The molecule has 0 aliphatic heterocycles. The average Bonchev–Trinajstić information content (AvgIpc) is 2.14. The predicted octanol–water partition coefficient (Wildman–Crippen LogP) is 0.949. The lowest BCUT2D eigenvalue weighted by Gasteiger charge is -2.13. The van der Waals surface area contributed by atoms with Crippen molar-refractivity contribution in [2.24, 2.45) is 0 Å². The molecule has 0 aromatic heterocycles. The molecule has 0 saturated heterocycles. The lowest BCUT2D eigenvalue weighted by atomic mass is 10.2. The number of nitrogens with one attached hydrogen (secondary N) is 2. The van der Waals surface area contributed by atoms with Gasteiger partial charge in [0, 0.05) is 6.54 Å². The molecule has 0 saturated carbocycles. The summed E-state index contributed by atoms with van der Waals surface area (Å²) in [5.41, 5.74) is 0. The fraction of sp³-hybridized carbons (Fsp3) is 0.778. The third-order valence-corrected chi connectivity index (χ3v) is 1.72. The molecule has 0 radical (unpaired) electrons. The second-order valence-electron chi connectivity index (χ2n) is 3.08. The number of urea groups is 1. The molecule has 5 nitrogen and oxygen atoms in total. The molecule has 0 spiro atoms. The van der Waals surface area contributed by atoms with Gasteiger partial charge in [0.15, 0.2) is 0 Å². The summed E-state index contributed by atoms with van der Waals surface area (Å²) < 4.78 is 0. The average molecular weight is 202 g/mol. The van der Waals surface area contributed by atoms with E-state index in [2.05, 4.69) is 10.6 Å². The van der Waals surface area contributed by atoms with Crippen LogP contribution in [0, 0.1) is 0 Å². The van der Waals surface area contributed by atoms with Gasteiger partial charge < -0.3 is 15.7 Å². The van der Waals surface area contributed by atoms with Gasteiger partial charge >= 0.3 is 12.0 Å². The molecular formula is C9H18N2O3.